The maximum Gasteiger partial charge on any atom is 0.287 e. The van der Waals surface area contributed by atoms with Crippen LogP contribution in [0.2, 0.25) is 0 Å². The van der Waals surface area contributed by atoms with Gasteiger partial charge in [-0.05, 0) is 53.4 Å². The number of hydrogen-bond donors (Lipinski definition) is 1. The number of ether oxygens (including phenoxy) is 2. The van der Waals surface area contributed by atoms with Crippen molar-refractivity contribution in [1.82, 2.24) is 15.2 Å². The van der Waals surface area contributed by atoms with E-state index in [2.05, 4.69) is 20.5 Å². The van der Waals surface area contributed by atoms with E-state index < -0.39 is 0 Å². The highest BCUT2D eigenvalue weighted by Crippen LogP contribution is 2.29. The Hall–Kier alpha value is -3.62. The maximum absolute atomic E-state index is 12.7. The third-order valence-corrected chi connectivity index (χ3v) is 6.06. The van der Waals surface area contributed by atoms with Crippen molar-refractivity contribution in [2.45, 2.75) is 19.8 Å². The number of rotatable bonds is 10. The molecule has 0 aliphatic heterocycles. The summed E-state index contributed by atoms with van der Waals surface area (Å²) in [5.41, 5.74) is 4.18. The van der Waals surface area contributed by atoms with Gasteiger partial charge in [-0.1, -0.05) is 47.7 Å². The molecule has 2 aromatic carbocycles. The number of aromatic nitrogens is 3. The Labute approximate surface area is 202 Å². The Kier molecular flexibility index (Phi) is 7.95. The summed E-state index contributed by atoms with van der Waals surface area (Å²) in [7, 11) is 1.68. The van der Waals surface area contributed by atoms with E-state index >= 15 is 0 Å². The number of aryl methyl sites for hydroxylation is 1. The number of carbonyl (C=O) groups is 1. The van der Waals surface area contributed by atoms with Crippen LogP contribution in [-0.4, -0.2) is 41.4 Å². The molecule has 34 heavy (non-hydrogen) atoms. The van der Waals surface area contributed by atoms with Gasteiger partial charge in [0.1, 0.15) is 16.6 Å². The lowest BCUT2D eigenvalue weighted by Crippen LogP contribution is -2.12. The molecular formula is C26H26N4O3S. The Bertz CT molecular complexity index is 1240. The molecule has 174 valence electrons. The van der Waals surface area contributed by atoms with Crippen molar-refractivity contribution in [3.8, 4) is 16.9 Å². The zero-order chi connectivity index (χ0) is 23.8. The highest BCUT2D eigenvalue weighted by Gasteiger charge is 2.15. The number of benzene rings is 2. The van der Waals surface area contributed by atoms with Gasteiger partial charge in [0.2, 0.25) is 5.01 Å². The summed E-state index contributed by atoms with van der Waals surface area (Å²) in [5.74, 6) is 0.917. The van der Waals surface area contributed by atoms with Crippen molar-refractivity contribution in [2.24, 2.45) is 0 Å². The molecule has 2 heterocycles. The lowest BCUT2D eigenvalue weighted by atomic mass is 10.0. The van der Waals surface area contributed by atoms with Crippen LogP contribution in [-0.2, 0) is 11.2 Å². The number of methoxy groups -OCH3 is 1. The number of nitrogens with one attached hydrogen (secondary N) is 1. The average molecular weight is 475 g/mol. The van der Waals surface area contributed by atoms with Crippen LogP contribution in [0.5, 0.6) is 5.75 Å². The van der Waals surface area contributed by atoms with Crippen molar-refractivity contribution in [2.75, 3.05) is 25.6 Å². The Morgan fingerprint density at radius 2 is 1.88 bits per heavy atom. The van der Waals surface area contributed by atoms with Crippen LogP contribution in [0.4, 0.5) is 5.82 Å². The predicted octanol–water partition coefficient (Wildman–Crippen LogP) is 5.17. The highest BCUT2D eigenvalue weighted by molar-refractivity contribution is 7.13. The van der Waals surface area contributed by atoms with E-state index in [9.17, 15) is 4.79 Å². The molecule has 0 bridgehead atoms. The third-order valence-electron chi connectivity index (χ3n) is 5.14. The van der Waals surface area contributed by atoms with Gasteiger partial charge >= 0.3 is 0 Å². The van der Waals surface area contributed by atoms with E-state index in [-0.39, 0.29) is 5.91 Å². The van der Waals surface area contributed by atoms with Crippen LogP contribution in [0.25, 0.3) is 11.1 Å². The summed E-state index contributed by atoms with van der Waals surface area (Å²) >= 11 is 1.28. The zero-order valence-electron chi connectivity index (χ0n) is 19.2. The molecule has 0 spiro atoms. The van der Waals surface area contributed by atoms with Gasteiger partial charge < -0.3 is 14.8 Å². The topological polar surface area (TPSA) is 86.2 Å². The van der Waals surface area contributed by atoms with Gasteiger partial charge in [0.05, 0.1) is 6.61 Å². The quantitative estimate of drug-likeness (QED) is 0.319. The van der Waals surface area contributed by atoms with E-state index in [4.69, 9.17) is 9.47 Å². The van der Waals surface area contributed by atoms with Crippen molar-refractivity contribution < 1.29 is 14.3 Å². The maximum atomic E-state index is 12.7. The molecule has 0 aliphatic carbocycles. The lowest BCUT2D eigenvalue weighted by Gasteiger charge is -2.12. The summed E-state index contributed by atoms with van der Waals surface area (Å²) in [6.07, 6.45) is 3.14. The predicted molar refractivity (Wildman–Crippen MR) is 134 cm³/mol. The standard InChI is InChI=1S/C26H26N4O3S/c1-18-9-10-21(33-14-6-13-32-2)17-22(18)20-11-12-27-23(16-20)28-25(31)26-30-29-24(34-26)15-19-7-4-3-5-8-19/h3-5,7-12,16-17H,6,13-15H2,1-2H3,(H,27,28,31). The molecule has 0 atom stereocenters. The van der Waals surface area contributed by atoms with Crippen LogP contribution < -0.4 is 10.1 Å². The number of anilines is 1. The molecule has 1 N–H and O–H groups in total. The molecule has 2 aromatic heterocycles. The molecule has 0 radical (unpaired) electrons. The monoisotopic (exact) mass is 474 g/mol. The van der Waals surface area contributed by atoms with E-state index in [1.54, 1.807) is 13.3 Å². The fourth-order valence-corrected chi connectivity index (χ4v) is 4.19. The second kappa shape index (κ2) is 11.5. The summed E-state index contributed by atoms with van der Waals surface area (Å²) < 4.78 is 10.9. The summed E-state index contributed by atoms with van der Waals surface area (Å²) in [6.45, 7) is 3.29. The molecule has 1 amide bonds. The minimum Gasteiger partial charge on any atom is -0.493 e. The van der Waals surface area contributed by atoms with Gasteiger partial charge in [-0.2, -0.15) is 0 Å². The number of pyridine rings is 1. The number of hydrogen-bond acceptors (Lipinski definition) is 7. The van der Waals surface area contributed by atoms with Crippen molar-refractivity contribution in [3.63, 3.8) is 0 Å². The fraction of sp³-hybridized carbons (Fsp3) is 0.231. The van der Waals surface area contributed by atoms with Crippen molar-refractivity contribution in [3.05, 3.63) is 88.0 Å². The van der Waals surface area contributed by atoms with Crippen LogP contribution in [0.15, 0.2) is 66.9 Å². The van der Waals surface area contributed by atoms with Crippen LogP contribution in [0, 0.1) is 6.92 Å². The first-order chi connectivity index (χ1) is 16.6. The molecule has 7 nitrogen and oxygen atoms in total. The zero-order valence-corrected chi connectivity index (χ0v) is 20.0. The van der Waals surface area contributed by atoms with Gasteiger partial charge in [0.15, 0.2) is 0 Å². The largest absolute Gasteiger partial charge is 0.493 e. The number of nitrogens with zero attached hydrogens (tertiary/aromatic N) is 3. The molecule has 0 aliphatic rings. The molecule has 0 fully saturated rings. The Balaban J connectivity index is 1.44. The second-order valence-corrected chi connectivity index (χ2v) is 8.78. The van der Waals surface area contributed by atoms with Gasteiger partial charge in [-0.3, -0.25) is 4.79 Å². The average Bonchev–Trinajstić information content (AvgIpc) is 3.32. The van der Waals surface area contributed by atoms with Crippen LogP contribution in [0.3, 0.4) is 0 Å². The molecular weight excluding hydrogens is 448 g/mol. The van der Waals surface area contributed by atoms with E-state index in [0.717, 1.165) is 39.4 Å². The van der Waals surface area contributed by atoms with Gasteiger partial charge in [0, 0.05) is 32.8 Å². The first kappa shape index (κ1) is 23.5. The highest BCUT2D eigenvalue weighted by atomic mass is 32.1. The molecule has 4 aromatic rings. The summed E-state index contributed by atoms with van der Waals surface area (Å²) in [5, 5.41) is 12.2. The molecule has 8 heteroatoms. The SMILES string of the molecule is COCCCOc1ccc(C)c(-c2ccnc(NC(=O)c3nnc(Cc4ccccc4)s3)c2)c1. The Morgan fingerprint density at radius 3 is 2.71 bits per heavy atom. The van der Waals surface area contributed by atoms with Crippen molar-refractivity contribution in [1.29, 1.82) is 0 Å². The fourth-order valence-electron chi connectivity index (χ4n) is 3.42. The smallest absolute Gasteiger partial charge is 0.287 e. The third kappa shape index (κ3) is 6.24. The molecule has 4 rings (SSSR count). The lowest BCUT2D eigenvalue weighted by molar-refractivity contribution is 0.102. The number of amides is 1. The Morgan fingerprint density at radius 1 is 1.03 bits per heavy atom. The van der Waals surface area contributed by atoms with Gasteiger partial charge in [-0.25, -0.2) is 4.98 Å². The summed E-state index contributed by atoms with van der Waals surface area (Å²) in [6, 6.07) is 19.7. The van der Waals surface area contributed by atoms with Crippen LogP contribution >= 0.6 is 11.3 Å². The van der Waals surface area contributed by atoms with Crippen molar-refractivity contribution >= 4 is 23.1 Å². The van der Waals surface area contributed by atoms with Crippen LogP contribution in [0.1, 0.15) is 32.4 Å². The van der Waals surface area contributed by atoms with Gasteiger partial charge in [-0.15, -0.1) is 10.2 Å². The van der Waals surface area contributed by atoms with E-state index in [1.165, 1.54) is 11.3 Å². The molecule has 0 saturated heterocycles. The second-order valence-electron chi connectivity index (χ2n) is 7.72. The summed E-state index contributed by atoms with van der Waals surface area (Å²) in [4.78, 5) is 17.1. The molecule has 0 unspecified atom stereocenters. The van der Waals surface area contributed by atoms with E-state index in [0.29, 0.717) is 30.5 Å². The minimum absolute atomic E-state index is 0.306. The first-order valence-electron chi connectivity index (χ1n) is 11.0. The van der Waals surface area contributed by atoms with Gasteiger partial charge in [0.25, 0.3) is 5.91 Å². The minimum atomic E-state index is -0.326. The number of carbonyl (C=O) groups excluding carboxylic acids is 1. The normalized spacial score (nSPS) is 10.8. The molecule has 0 saturated carbocycles. The first-order valence-corrected chi connectivity index (χ1v) is 11.8. The van der Waals surface area contributed by atoms with E-state index in [1.807, 2.05) is 67.6 Å².